The Kier molecular flexibility index (Phi) is 3.85. The maximum absolute atomic E-state index is 13.6. The molecule has 6 heteroatoms. The lowest BCUT2D eigenvalue weighted by atomic mass is 10.1. The molecule has 1 saturated heterocycles. The lowest BCUT2D eigenvalue weighted by Crippen LogP contribution is -2.19. The summed E-state index contributed by atoms with van der Waals surface area (Å²) in [7, 11) is -3.23. The largest absolute Gasteiger partial charge is 0.333 e. The van der Waals surface area contributed by atoms with Crippen LogP contribution < -0.4 is 0 Å². The van der Waals surface area contributed by atoms with Crippen molar-refractivity contribution < 1.29 is 22.4 Å². The molecule has 0 saturated carbocycles. The van der Waals surface area contributed by atoms with E-state index in [0.717, 1.165) is 18.2 Å². The van der Waals surface area contributed by atoms with Crippen LogP contribution in [0.5, 0.6) is 0 Å². The maximum Gasteiger partial charge on any atom is 0.333 e. The molecule has 0 radical (unpaired) electrons. The van der Waals surface area contributed by atoms with Crippen molar-refractivity contribution >= 4 is 7.60 Å². The van der Waals surface area contributed by atoms with E-state index < -0.39 is 25.3 Å². The SMILES string of the molecule is CC(C)P1(=O)OCCC(c2cc(F)ccc2F)O1. The van der Waals surface area contributed by atoms with Crippen LogP contribution in [0.2, 0.25) is 0 Å². The summed E-state index contributed by atoms with van der Waals surface area (Å²) < 4.78 is 49.6. The van der Waals surface area contributed by atoms with Crippen molar-refractivity contribution in [1.82, 2.24) is 0 Å². The molecule has 2 rings (SSSR count). The van der Waals surface area contributed by atoms with Crippen LogP contribution in [0, 0.1) is 11.6 Å². The van der Waals surface area contributed by atoms with E-state index >= 15 is 0 Å². The topological polar surface area (TPSA) is 35.5 Å². The Morgan fingerprint density at radius 2 is 2.11 bits per heavy atom. The molecular weight excluding hydrogens is 261 g/mol. The Labute approximate surface area is 105 Å². The average Bonchev–Trinajstić information content (AvgIpc) is 2.32. The second kappa shape index (κ2) is 5.08. The van der Waals surface area contributed by atoms with Crippen LogP contribution in [0.25, 0.3) is 0 Å². The molecule has 3 nitrogen and oxygen atoms in total. The molecule has 100 valence electrons. The highest BCUT2D eigenvalue weighted by molar-refractivity contribution is 7.54. The van der Waals surface area contributed by atoms with Crippen LogP contribution in [0.15, 0.2) is 18.2 Å². The summed E-state index contributed by atoms with van der Waals surface area (Å²) in [6, 6.07) is 3.17. The summed E-state index contributed by atoms with van der Waals surface area (Å²) in [5.41, 5.74) is -0.212. The first-order chi connectivity index (χ1) is 8.42. The third kappa shape index (κ3) is 2.63. The first-order valence-corrected chi connectivity index (χ1v) is 7.41. The van der Waals surface area contributed by atoms with E-state index in [1.165, 1.54) is 0 Å². The first kappa shape index (κ1) is 13.7. The maximum atomic E-state index is 13.6. The molecular formula is C12H15F2O3P. The van der Waals surface area contributed by atoms with Gasteiger partial charge >= 0.3 is 7.60 Å². The Morgan fingerprint density at radius 1 is 1.39 bits per heavy atom. The molecule has 2 atom stereocenters. The van der Waals surface area contributed by atoms with Crippen molar-refractivity contribution in [3.05, 3.63) is 35.4 Å². The van der Waals surface area contributed by atoms with Gasteiger partial charge in [0, 0.05) is 12.0 Å². The molecule has 2 unspecified atom stereocenters. The molecule has 18 heavy (non-hydrogen) atoms. The molecule has 0 bridgehead atoms. The molecule has 0 amide bonds. The van der Waals surface area contributed by atoms with Crippen molar-refractivity contribution in [3.63, 3.8) is 0 Å². The highest BCUT2D eigenvalue weighted by atomic mass is 31.2. The van der Waals surface area contributed by atoms with Crippen molar-refractivity contribution in [2.45, 2.75) is 32.0 Å². The molecule has 1 aromatic carbocycles. The smallest absolute Gasteiger partial charge is 0.308 e. The Hall–Kier alpha value is -0.770. The van der Waals surface area contributed by atoms with Gasteiger partial charge in [0.15, 0.2) is 0 Å². The van der Waals surface area contributed by atoms with Gasteiger partial charge in [0.05, 0.1) is 18.4 Å². The van der Waals surface area contributed by atoms with E-state index in [1.807, 2.05) is 0 Å². The molecule has 0 N–H and O–H groups in total. The summed E-state index contributed by atoms with van der Waals surface area (Å²) in [4.78, 5) is 0. The van der Waals surface area contributed by atoms with Crippen LogP contribution >= 0.6 is 7.60 Å². The third-order valence-electron chi connectivity index (χ3n) is 2.86. The van der Waals surface area contributed by atoms with Gasteiger partial charge in [-0.25, -0.2) is 8.78 Å². The zero-order chi connectivity index (χ0) is 13.3. The molecule has 0 aliphatic carbocycles. The Morgan fingerprint density at radius 3 is 2.78 bits per heavy atom. The lowest BCUT2D eigenvalue weighted by Gasteiger charge is -2.32. The van der Waals surface area contributed by atoms with Gasteiger partial charge in [-0.2, -0.15) is 0 Å². The van der Waals surface area contributed by atoms with Crippen LogP contribution in [0.4, 0.5) is 8.78 Å². The number of hydrogen-bond donors (Lipinski definition) is 0. The predicted molar refractivity (Wildman–Crippen MR) is 63.5 cm³/mol. The predicted octanol–water partition coefficient (Wildman–Crippen LogP) is 4.04. The molecule has 0 aromatic heterocycles. The highest BCUT2D eigenvalue weighted by Crippen LogP contribution is 2.59. The molecule has 1 aliphatic heterocycles. The van der Waals surface area contributed by atoms with Crippen molar-refractivity contribution in [2.24, 2.45) is 0 Å². The first-order valence-electron chi connectivity index (χ1n) is 5.80. The summed E-state index contributed by atoms with van der Waals surface area (Å²) in [5.74, 6) is -1.10. The van der Waals surface area contributed by atoms with Gasteiger partial charge in [-0.05, 0) is 18.2 Å². The van der Waals surface area contributed by atoms with Crippen LogP contribution in [-0.2, 0) is 13.6 Å². The van der Waals surface area contributed by atoms with Gasteiger partial charge in [0.1, 0.15) is 11.6 Å². The quantitative estimate of drug-likeness (QED) is 0.764. The van der Waals surface area contributed by atoms with Crippen molar-refractivity contribution in [1.29, 1.82) is 0 Å². The second-order valence-electron chi connectivity index (χ2n) is 4.52. The second-order valence-corrected chi connectivity index (χ2v) is 7.10. The number of hydrogen-bond acceptors (Lipinski definition) is 3. The minimum atomic E-state index is -3.23. The minimum absolute atomic E-state index is 0.0965. The van der Waals surface area contributed by atoms with Gasteiger partial charge in [-0.1, -0.05) is 13.8 Å². The number of halogens is 2. The molecule has 1 aromatic rings. The monoisotopic (exact) mass is 276 g/mol. The normalized spacial score (nSPS) is 28.6. The number of rotatable bonds is 2. The standard InChI is InChI=1S/C12H15F2O3P/c1-8(2)18(15)16-6-5-12(17-18)10-7-9(13)3-4-11(10)14/h3-4,7-8,12H,5-6H2,1-2H3. The van der Waals surface area contributed by atoms with Crippen molar-refractivity contribution in [2.75, 3.05) is 6.61 Å². The van der Waals surface area contributed by atoms with Crippen LogP contribution in [0.1, 0.15) is 31.9 Å². The van der Waals surface area contributed by atoms with E-state index in [9.17, 15) is 13.3 Å². The van der Waals surface area contributed by atoms with E-state index in [0.29, 0.717) is 6.42 Å². The van der Waals surface area contributed by atoms with Gasteiger partial charge in [-0.15, -0.1) is 0 Å². The molecule has 0 spiro atoms. The third-order valence-corrected chi connectivity index (χ3v) is 5.22. The van der Waals surface area contributed by atoms with Crippen LogP contribution in [0.3, 0.4) is 0 Å². The fraction of sp³-hybridized carbons (Fsp3) is 0.500. The Bertz CT molecular complexity index is 490. The Balaban J connectivity index is 2.29. The van der Waals surface area contributed by atoms with E-state index in [1.54, 1.807) is 13.8 Å². The summed E-state index contributed by atoms with van der Waals surface area (Å²) in [6.45, 7) is 3.65. The molecule has 1 fully saturated rings. The van der Waals surface area contributed by atoms with E-state index in [-0.39, 0.29) is 17.8 Å². The highest BCUT2D eigenvalue weighted by Gasteiger charge is 2.38. The minimum Gasteiger partial charge on any atom is -0.308 e. The van der Waals surface area contributed by atoms with Gasteiger partial charge in [0.25, 0.3) is 0 Å². The summed E-state index contributed by atoms with van der Waals surface area (Å²) >= 11 is 0. The van der Waals surface area contributed by atoms with Gasteiger partial charge in [0.2, 0.25) is 0 Å². The fourth-order valence-corrected chi connectivity index (χ4v) is 3.33. The fourth-order valence-electron chi connectivity index (χ4n) is 1.79. The van der Waals surface area contributed by atoms with Crippen LogP contribution in [-0.4, -0.2) is 12.3 Å². The van der Waals surface area contributed by atoms with Gasteiger partial charge < -0.3 is 9.05 Å². The zero-order valence-corrected chi connectivity index (χ0v) is 11.1. The van der Waals surface area contributed by atoms with E-state index in [2.05, 4.69) is 0 Å². The van der Waals surface area contributed by atoms with Crippen molar-refractivity contribution in [3.8, 4) is 0 Å². The number of benzene rings is 1. The average molecular weight is 276 g/mol. The zero-order valence-electron chi connectivity index (χ0n) is 10.2. The molecule has 1 heterocycles. The lowest BCUT2D eigenvalue weighted by molar-refractivity contribution is 0.0758. The van der Waals surface area contributed by atoms with E-state index in [4.69, 9.17) is 9.05 Å². The summed E-state index contributed by atoms with van der Waals surface area (Å²) in [5, 5.41) is 0. The van der Waals surface area contributed by atoms with Gasteiger partial charge in [-0.3, -0.25) is 4.57 Å². The summed E-state index contributed by atoms with van der Waals surface area (Å²) in [6.07, 6.45) is -0.362. The molecule has 1 aliphatic rings.